The molecule has 4 heteroatoms. The SMILES string of the molecule is CCCC[Si](/C=C/c1ccc(Br)cc1)(OCC)OCC. The van der Waals surface area contributed by atoms with E-state index in [-0.39, 0.29) is 0 Å². The van der Waals surface area contributed by atoms with Crippen molar-refractivity contribution in [2.45, 2.75) is 39.7 Å². The molecule has 0 amide bonds. The van der Waals surface area contributed by atoms with Gasteiger partial charge in [0.25, 0.3) is 0 Å². The molecule has 0 radical (unpaired) electrons. The molecule has 0 bridgehead atoms. The van der Waals surface area contributed by atoms with Crippen LogP contribution in [0.4, 0.5) is 0 Å². The highest BCUT2D eigenvalue weighted by molar-refractivity contribution is 9.10. The van der Waals surface area contributed by atoms with E-state index < -0.39 is 8.56 Å². The molecule has 20 heavy (non-hydrogen) atoms. The second-order valence-corrected chi connectivity index (χ2v) is 8.62. The van der Waals surface area contributed by atoms with Crippen molar-refractivity contribution in [3.05, 3.63) is 40.0 Å². The molecule has 0 spiro atoms. The van der Waals surface area contributed by atoms with Gasteiger partial charge in [0.1, 0.15) is 0 Å². The molecular formula is C16H25BrO2Si. The normalized spacial score (nSPS) is 12.2. The van der Waals surface area contributed by atoms with Crippen LogP contribution < -0.4 is 0 Å². The molecule has 0 heterocycles. The van der Waals surface area contributed by atoms with Crippen LogP contribution in [0.2, 0.25) is 6.04 Å². The Morgan fingerprint density at radius 2 is 1.65 bits per heavy atom. The lowest BCUT2D eigenvalue weighted by atomic mass is 10.2. The Morgan fingerprint density at radius 3 is 2.15 bits per heavy atom. The Labute approximate surface area is 132 Å². The van der Waals surface area contributed by atoms with Gasteiger partial charge in [0.05, 0.1) is 0 Å². The van der Waals surface area contributed by atoms with Crippen LogP contribution in [0.5, 0.6) is 0 Å². The van der Waals surface area contributed by atoms with Crippen LogP contribution in [0.15, 0.2) is 34.4 Å². The van der Waals surface area contributed by atoms with Crippen LogP contribution in [-0.4, -0.2) is 21.8 Å². The van der Waals surface area contributed by atoms with Gasteiger partial charge in [-0.05, 0) is 43.3 Å². The van der Waals surface area contributed by atoms with Crippen LogP contribution >= 0.6 is 15.9 Å². The van der Waals surface area contributed by atoms with Crippen molar-refractivity contribution in [3.8, 4) is 0 Å². The fraction of sp³-hybridized carbons (Fsp3) is 0.500. The summed E-state index contributed by atoms with van der Waals surface area (Å²) in [6, 6.07) is 9.32. The summed E-state index contributed by atoms with van der Waals surface area (Å²) in [6.07, 6.45) is 4.46. The van der Waals surface area contributed by atoms with Gasteiger partial charge in [-0.2, -0.15) is 0 Å². The van der Waals surface area contributed by atoms with Gasteiger partial charge in [-0.3, -0.25) is 0 Å². The number of rotatable bonds is 9. The molecule has 0 unspecified atom stereocenters. The maximum Gasteiger partial charge on any atom is 0.365 e. The number of halogens is 1. The molecule has 0 aliphatic heterocycles. The number of hydrogen-bond donors (Lipinski definition) is 0. The van der Waals surface area contributed by atoms with Crippen molar-refractivity contribution in [2.75, 3.05) is 13.2 Å². The van der Waals surface area contributed by atoms with Crippen LogP contribution in [0.25, 0.3) is 6.08 Å². The molecule has 1 aromatic rings. The van der Waals surface area contributed by atoms with E-state index in [9.17, 15) is 0 Å². The van der Waals surface area contributed by atoms with Gasteiger partial charge in [-0.15, -0.1) is 0 Å². The Kier molecular flexibility index (Phi) is 8.37. The second kappa shape index (κ2) is 9.50. The average molecular weight is 357 g/mol. The molecule has 0 atom stereocenters. The van der Waals surface area contributed by atoms with E-state index in [4.69, 9.17) is 8.85 Å². The Balaban J connectivity index is 2.87. The predicted octanol–water partition coefficient (Wildman–Crippen LogP) is 5.32. The number of benzene rings is 1. The van der Waals surface area contributed by atoms with E-state index in [1.807, 2.05) is 13.8 Å². The maximum atomic E-state index is 6.04. The van der Waals surface area contributed by atoms with Gasteiger partial charge in [0.15, 0.2) is 0 Å². The molecule has 0 fully saturated rings. The van der Waals surface area contributed by atoms with Gasteiger partial charge in [0.2, 0.25) is 0 Å². The zero-order valence-electron chi connectivity index (χ0n) is 12.7. The highest BCUT2D eigenvalue weighted by atomic mass is 79.9. The van der Waals surface area contributed by atoms with Crippen molar-refractivity contribution in [3.63, 3.8) is 0 Å². The summed E-state index contributed by atoms with van der Waals surface area (Å²) in [5.74, 6) is 0. The first-order chi connectivity index (χ1) is 9.65. The third kappa shape index (κ3) is 5.91. The highest BCUT2D eigenvalue weighted by Crippen LogP contribution is 2.21. The first-order valence-electron chi connectivity index (χ1n) is 7.38. The largest absolute Gasteiger partial charge is 0.392 e. The summed E-state index contributed by atoms with van der Waals surface area (Å²) >= 11 is 3.46. The predicted molar refractivity (Wildman–Crippen MR) is 91.9 cm³/mol. The molecule has 1 aromatic carbocycles. The molecule has 0 N–H and O–H groups in total. The lowest BCUT2D eigenvalue weighted by Gasteiger charge is -2.26. The lowest BCUT2D eigenvalue weighted by molar-refractivity contribution is 0.194. The minimum Gasteiger partial charge on any atom is -0.392 e. The highest BCUT2D eigenvalue weighted by Gasteiger charge is 2.33. The van der Waals surface area contributed by atoms with E-state index in [2.05, 4.69) is 58.9 Å². The van der Waals surface area contributed by atoms with E-state index in [0.29, 0.717) is 13.2 Å². The van der Waals surface area contributed by atoms with Crippen molar-refractivity contribution in [2.24, 2.45) is 0 Å². The minimum absolute atomic E-state index is 0.709. The van der Waals surface area contributed by atoms with Crippen LogP contribution in [0.3, 0.4) is 0 Å². The number of hydrogen-bond acceptors (Lipinski definition) is 2. The Morgan fingerprint density at radius 1 is 1.05 bits per heavy atom. The molecule has 1 rings (SSSR count). The smallest absolute Gasteiger partial charge is 0.365 e. The first-order valence-corrected chi connectivity index (χ1v) is 10.3. The van der Waals surface area contributed by atoms with Gasteiger partial charge in [-0.25, -0.2) is 0 Å². The van der Waals surface area contributed by atoms with Crippen LogP contribution in [-0.2, 0) is 8.85 Å². The number of unbranched alkanes of at least 4 members (excludes halogenated alkanes) is 1. The Bertz CT molecular complexity index is 397. The first kappa shape index (κ1) is 17.6. The standard InChI is InChI=1S/C16H25BrO2Si/c1-4-7-13-20(18-5-2,19-6-3)14-12-15-8-10-16(17)11-9-15/h8-12,14H,4-7,13H2,1-3H3/b14-12+. The van der Waals surface area contributed by atoms with Crippen molar-refractivity contribution in [1.82, 2.24) is 0 Å². The molecule has 0 aliphatic rings. The van der Waals surface area contributed by atoms with E-state index in [0.717, 1.165) is 16.9 Å². The van der Waals surface area contributed by atoms with Gasteiger partial charge in [0, 0.05) is 17.7 Å². The quantitative estimate of drug-likeness (QED) is 0.557. The maximum absolute atomic E-state index is 6.04. The average Bonchev–Trinajstić information content (AvgIpc) is 2.45. The van der Waals surface area contributed by atoms with Crippen molar-refractivity contribution in [1.29, 1.82) is 0 Å². The summed E-state index contributed by atoms with van der Waals surface area (Å²) in [5.41, 5.74) is 3.37. The van der Waals surface area contributed by atoms with E-state index in [1.165, 1.54) is 12.0 Å². The molecule has 0 saturated heterocycles. The summed E-state index contributed by atoms with van der Waals surface area (Å²) < 4.78 is 13.2. The van der Waals surface area contributed by atoms with Crippen LogP contribution in [0.1, 0.15) is 39.2 Å². The molecule has 0 aromatic heterocycles. The summed E-state index contributed by atoms with van der Waals surface area (Å²) in [7, 11) is -2.21. The molecule has 0 aliphatic carbocycles. The molecule has 112 valence electrons. The fourth-order valence-electron chi connectivity index (χ4n) is 2.07. The van der Waals surface area contributed by atoms with Crippen molar-refractivity contribution < 1.29 is 8.85 Å². The third-order valence-electron chi connectivity index (χ3n) is 3.06. The third-order valence-corrected chi connectivity index (χ3v) is 6.86. The van der Waals surface area contributed by atoms with Crippen molar-refractivity contribution >= 4 is 30.6 Å². The minimum atomic E-state index is -2.21. The zero-order chi connectivity index (χ0) is 14.8. The monoisotopic (exact) mass is 356 g/mol. The lowest BCUT2D eigenvalue weighted by Crippen LogP contribution is -2.40. The summed E-state index contributed by atoms with van der Waals surface area (Å²) in [6.45, 7) is 7.71. The van der Waals surface area contributed by atoms with Gasteiger partial charge in [-0.1, -0.05) is 53.9 Å². The fourth-order valence-corrected chi connectivity index (χ4v) is 5.34. The van der Waals surface area contributed by atoms with E-state index in [1.54, 1.807) is 0 Å². The van der Waals surface area contributed by atoms with Gasteiger partial charge >= 0.3 is 8.56 Å². The molecule has 2 nitrogen and oxygen atoms in total. The molecule has 0 saturated carbocycles. The van der Waals surface area contributed by atoms with Gasteiger partial charge < -0.3 is 8.85 Å². The summed E-state index contributed by atoms with van der Waals surface area (Å²) in [5, 5.41) is 0. The second-order valence-electron chi connectivity index (χ2n) is 4.67. The van der Waals surface area contributed by atoms with Crippen LogP contribution in [0, 0.1) is 0 Å². The topological polar surface area (TPSA) is 18.5 Å². The zero-order valence-corrected chi connectivity index (χ0v) is 15.3. The summed E-state index contributed by atoms with van der Waals surface area (Å²) in [4.78, 5) is 0. The Hall–Kier alpha value is -0.423. The molecular weight excluding hydrogens is 332 g/mol. The van der Waals surface area contributed by atoms with E-state index >= 15 is 0 Å².